The van der Waals surface area contributed by atoms with Crippen LogP contribution >= 0.6 is 11.8 Å². The van der Waals surface area contributed by atoms with E-state index in [0.29, 0.717) is 5.25 Å². The van der Waals surface area contributed by atoms with Gasteiger partial charge in [0.25, 0.3) is 5.91 Å². The lowest BCUT2D eigenvalue weighted by molar-refractivity contribution is 0.102. The molecular weight excluding hydrogens is 248 g/mol. The van der Waals surface area contributed by atoms with Gasteiger partial charge in [-0.2, -0.15) is 27.2 Å². The van der Waals surface area contributed by atoms with E-state index in [9.17, 15) is 4.79 Å². The third-order valence-electron chi connectivity index (χ3n) is 2.62. The molecule has 0 aliphatic rings. The molecule has 0 spiro atoms. The van der Waals surface area contributed by atoms with Gasteiger partial charge in [0.2, 0.25) is 0 Å². The van der Waals surface area contributed by atoms with E-state index >= 15 is 0 Å². The van der Waals surface area contributed by atoms with Crippen molar-refractivity contribution >= 4 is 23.4 Å². The quantitative estimate of drug-likeness (QED) is 0.888. The average molecular weight is 262 g/mol. The summed E-state index contributed by atoms with van der Waals surface area (Å²) in [6.07, 6.45) is 3.45. The highest BCUT2D eigenvalue weighted by Crippen LogP contribution is 2.27. The molecule has 2 rings (SSSR count). The summed E-state index contributed by atoms with van der Waals surface area (Å²) in [6, 6.07) is 7.81. The summed E-state index contributed by atoms with van der Waals surface area (Å²) in [6.45, 7) is 2.13. The van der Waals surface area contributed by atoms with Gasteiger partial charge in [-0.05, 0) is 30.9 Å². The highest BCUT2D eigenvalue weighted by Gasteiger charge is 2.10. The molecule has 1 atom stereocenters. The zero-order chi connectivity index (χ0) is 13.0. The van der Waals surface area contributed by atoms with Crippen LogP contribution in [0.2, 0.25) is 0 Å². The van der Waals surface area contributed by atoms with Crippen molar-refractivity contribution < 1.29 is 4.79 Å². The molecule has 5 nitrogen and oxygen atoms in total. The van der Waals surface area contributed by atoms with Crippen LogP contribution in [0.15, 0.2) is 30.5 Å². The van der Waals surface area contributed by atoms with Gasteiger partial charge in [-0.15, -0.1) is 0 Å². The number of amides is 1. The van der Waals surface area contributed by atoms with Crippen LogP contribution in [0.5, 0.6) is 0 Å². The van der Waals surface area contributed by atoms with Crippen molar-refractivity contribution in [1.29, 1.82) is 0 Å². The summed E-state index contributed by atoms with van der Waals surface area (Å²) < 4.78 is 0. The average Bonchev–Trinajstić information content (AvgIpc) is 2.92. The van der Waals surface area contributed by atoms with E-state index in [-0.39, 0.29) is 11.6 Å². The first kappa shape index (κ1) is 12.6. The monoisotopic (exact) mass is 262 g/mol. The van der Waals surface area contributed by atoms with Gasteiger partial charge in [0.15, 0.2) is 5.69 Å². The van der Waals surface area contributed by atoms with E-state index in [2.05, 4.69) is 33.9 Å². The van der Waals surface area contributed by atoms with Crippen LogP contribution in [0.3, 0.4) is 0 Å². The number of carbonyl (C=O) groups is 1. The fourth-order valence-electron chi connectivity index (χ4n) is 1.51. The standard InChI is InChI=1S/C12H14N4OS/c1-8(18-2)9-4-3-5-10(6-9)14-12(17)11-7-13-16-15-11/h3-8H,1-2H3,(H,14,17)(H,13,15,16)/t8-/m1/s1. The summed E-state index contributed by atoms with van der Waals surface area (Å²) in [5.41, 5.74) is 2.22. The molecule has 2 N–H and O–H groups in total. The molecule has 1 aromatic carbocycles. The summed E-state index contributed by atoms with van der Waals surface area (Å²) in [5, 5.41) is 12.9. The van der Waals surface area contributed by atoms with Crippen LogP contribution < -0.4 is 5.32 Å². The number of nitrogens with zero attached hydrogens (tertiary/aromatic N) is 2. The number of aromatic amines is 1. The molecule has 0 radical (unpaired) electrons. The maximum absolute atomic E-state index is 11.8. The second kappa shape index (κ2) is 5.68. The third-order valence-corrected chi connectivity index (χ3v) is 3.59. The normalized spacial score (nSPS) is 12.1. The zero-order valence-corrected chi connectivity index (χ0v) is 11.0. The number of hydrogen-bond acceptors (Lipinski definition) is 4. The summed E-state index contributed by atoms with van der Waals surface area (Å²) in [5.74, 6) is -0.266. The van der Waals surface area contributed by atoms with E-state index in [1.54, 1.807) is 11.8 Å². The maximum Gasteiger partial charge on any atom is 0.277 e. The number of anilines is 1. The molecule has 1 amide bonds. The predicted octanol–water partition coefficient (Wildman–Crippen LogP) is 2.48. The van der Waals surface area contributed by atoms with Gasteiger partial charge in [-0.3, -0.25) is 4.79 Å². The Morgan fingerprint density at radius 2 is 2.33 bits per heavy atom. The molecule has 0 unspecified atom stereocenters. The predicted molar refractivity (Wildman–Crippen MR) is 72.7 cm³/mol. The van der Waals surface area contributed by atoms with Crippen LogP contribution in [0.25, 0.3) is 0 Å². The van der Waals surface area contributed by atoms with Crippen molar-refractivity contribution in [3.8, 4) is 0 Å². The van der Waals surface area contributed by atoms with Crippen LogP contribution in [0, 0.1) is 0 Å². The first-order valence-electron chi connectivity index (χ1n) is 5.50. The van der Waals surface area contributed by atoms with Crippen LogP contribution in [-0.4, -0.2) is 27.6 Å². The summed E-state index contributed by atoms with van der Waals surface area (Å²) in [4.78, 5) is 11.8. The van der Waals surface area contributed by atoms with Crippen molar-refractivity contribution in [1.82, 2.24) is 15.4 Å². The molecule has 94 valence electrons. The first-order chi connectivity index (χ1) is 8.70. The van der Waals surface area contributed by atoms with Crippen molar-refractivity contribution in [2.75, 3.05) is 11.6 Å². The van der Waals surface area contributed by atoms with Gasteiger partial charge in [0, 0.05) is 10.9 Å². The molecule has 2 aromatic rings. The Hall–Kier alpha value is -1.82. The van der Waals surface area contributed by atoms with Crippen LogP contribution in [0.1, 0.15) is 28.2 Å². The number of benzene rings is 1. The van der Waals surface area contributed by atoms with E-state index in [4.69, 9.17) is 0 Å². The van der Waals surface area contributed by atoms with Crippen LogP contribution in [0.4, 0.5) is 5.69 Å². The lowest BCUT2D eigenvalue weighted by atomic mass is 10.1. The number of carbonyl (C=O) groups excluding carboxylic acids is 1. The number of aromatic nitrogens is 3. The van der Waals surface area contributed by atoms with E-state index < -0.39 is 0 Å². The van der Waals surface area contributed by atoms with Gasteiger partial charge in [0.1, 0.15) is 0 Å². The van der Waals surface area contributed by atoms with E-state index in [1.165, 1.54) is 11.8 Å². The van der Waals surface area contributed by atoms with Gasteiger partial charge in [0.05, 0.1) is 6.20 Å². The molecule has 0 fully saturated rings. The van der Waals surface area contributed by atoms with Crippen molar-refractivity contribution in [2.24, 2.45) is 0 Å². The Kier molecular flexibility index (Phi) is 3.99. The molecule has 18 heavy (non-hydrogen) atoms. The van der Waals surface area contributed by atoms with E-state index in [1.807, 2.05) is 24.3 Å². The highest BCUT2D eigenvalue weighted by atomic mass is 32.2. The maximum atomic E-state index is 11.8. The number of hydrogen-bond donors (Lipinski definition) is 2. The van der Waals surface area contributed by atoms with Crippen molar-refractivity contribution in [3.05, 3.63) is 41.7 Å². The molecule has 1 heterocycles. The SMILES string of the molecule is CS[C@H](C)c1cccc(NC(=O)c2cn[nH]n2)c1. The lowest BCUT2D eigenvalue weighted by Gasteiger charge is -2.10. The smallest absolute Gasteiger partial charge is 0.277 e. The van der Waals surface area contributed by atoms with Gasteiger partial charge in [-0.25, -0.2) is 0 Å². The Morgan fingerprint density at radius 3 is 3.00 bits per heavy atom. The molecular formula is C12H14N4OS. The Labute approximate surface area is 109 Å². The fraction of sp³-hybridized carbons (Fsp3) is 0.250. The summed E-state index contributed by atoms with van der Waals surface area (Å²) in [7, 11) is 0. The van der Waals surface area contributed by atoms with Crippen molar-refractivity contribution in [2.45, 2.75) is 12.2 Å². The minimum atomic E-state index is -0.266. The Morgan fingerprint density at radius 1 is 1.50 bits per heavy atom. The number of thioether (sulfide) groups is 1. The van der Waals surface area contributed by atoms with Gasteiger partial charge < -0.3 is 5.32 Å². The van der Waals surface area contributed by atoms with Gasteiger partial charge >= 0.3 is 0 Å². The molecule has 0 saturated carbocycles. The molecule has 0 aliphatic heterocycles. The molecule has 0 saturated heterocycles. The molecule has 0 aliphatic carbocycles. The van der Waals surface area contributed by atoms with Crippen molar-refractivity contribution in [3.63, 3.8) is 0 Å². The Balaban J connectivity index is 2.12. The minimum Gasteiger partial charge on any atom is -0.321 e. The largest absolute Gasteiger partial charge is 0.321 e. The first-order valence-corrected chi connectivity index (χ1v) is 6.79. The van der Waals surface area contributed by atoms with Gasteiger partial charge in [-0.1, -0.05) is 12.1 Å². The van der Waals surface area contributed by atoms with E-state index in [0.717, 1.165) is 5.69 Å². The zero-order valence-electron chi connectivity index (χ0n) is 10.2. The lowest BCUT2D eigenvalue weighted by Crippen LogP contribution is -2.12. The highest BCUT2D eigenvalue weighted by molar-refractivity contribution is 7.98. The van der Waals surface area contributed by atoms with Crippen LogP contribution in [-0.2, 0) is 0 Å². The number of nitrogens with one attached hydrogen (secondary N) is 2. The topological polar surface area (TPSA) is 70.7 Å². The Bertz CT molecular complexity index is 527. The second-order valence-corrected chi connectivity index (χ2v) is 4.99. The molecule has 6 heteroatoms. The number of H-pyrrole nitrogens is 1. The number of rotatable bonds is 4. The molecule has 1 aromatic heterocycles. The third kappa shape index (κ3) is 2.89. The fourth-order valence-corrected chi connectivity index (χ4v) is 1.93. The minimum absolute atomic E-state index is 0.266. The second-order valence-electron chi connectivity index (χ2n) is 3.81. The molecule has 0 bridgehead atoms. The summed E-state index contributed by atoms with van der Waals surface area (Å²) >= 11 is 1.76.